The molecular formula is C32H44N3O6+. The number of unbranched alkanes of at least 4 members (excludes halogenated alkanes) is 1. The number of carboxylic acids is 1. The van der Waals surface area contributed by atoms with Crippen LogP contribution in [-0.2, 0) is 32.5 Å². The van der Waals surface area contributed by atoms with Gasteiger partial charge in [-0.3, -0.25) is 14.5 Å². The number of anilines is 1. The highest BCUT2D eigenvalue weighted by Crippen LogP contribution is 2.45. The van der Waals surface area contributed by atoms with Crippen LogP contribution in [0.4, 0.5) is 5.69 Å². The van der Waals surface area contributed by atoms with E-state index in [1.807, 2.05) is 53.2 Å². The molecule has 3 atom stereocenters. The number of rotatable bonds is 11. The summed E-state index contributed by atoms with van der Waals surface area (Å²) in [4.78, 5) is 31.0. The summed E-state index contributed by atoms with van der Waals surface area (Å²) in [5.74, 6) is -0.915. The Hall–Kier alpha value is -3.01. The topological polar surface area (TPSA) is 92.4 Å². The molecule has 2 fully saturated rings. The molecular weight excluding hydrogens is 522 g/mol. The molecule has 5 rings (SSSR count). The minimum atomic E-state index is -0.839. The number of carbonyl (C=O) groups excluding carboxylic acids is 1. The van der Waals surface area contributed by atoms with Gasteiger partial charge in [-0.25, -0.2) is 4.57 Å². The van der Waals surface area contributed by atoms with Gasteiger partial charge in [-0.05, 0) is 36.1 Å². The highest BCUT2D eigenvalue weighted by Gasteiger charge is 2.50. The van der Waals surface area contributed by atoms with E-state index in [4.69, 9.17) is 14.2 Å². The quantitative estimate of drug-likeness (QED) is 0.416. The Balaban J connectivity index is 1.47. The standard InChI is InChI=1S/C32H43N3O6/c1-5-6-13-35(24-8-7-12-33(4)19-24)28(36)21-34-20-25(22-9-10-27-23(17-22)11-14-39-27)29(30(37)38)26(34)18-32(2,3)31-40-15-16-41-31/h7-10,12,17,19,25-26,29,31H,5-6,11,13-16,18,20-21H2,1-4H3/p+1/t25-,26+,29-/m1/s1. The van der Waals surface area contributed by atoms with Crippen molar-refractivity contribution in [2.24, 2.45) is 18.4 Å². The first-order valence-corrected chi connectivity index (χ1v) is 14.9. The van der Waals surface area contributed by atoms with Gasteiger partial charge in [0, 0.05) is 43.0 Å². The second-order valence-electron chi connectivity index (χ2n) is 12.3. The molecule has 0 spiro atoms. The number of amides is 1. The smallest absolute Gasteiger partial charge is 0.308 e. The van der Waals surface area contributed by atoms with Crippen LogP contribution < -0.4 is 14.2 Å². The summed E-state index contributed by atoms with van der Waals surface area (Å²) in [5.41, 5.74) is 2.52. The monoisotopic (exact) mass is 566 g/mol. The number of likely N-dealkylation sites (tertiary alicyclic amines) is 1. The van der Waals surface area contributed by atoms with Crippen LogP contribution in [0.1, 0.15) is 57.1 Å². The molecule has 3 aliphatic heterocycles. The number of ether oxygens (including phenoxy) is 3. The molecule has 0 bridgehead atoms. The van der Waals surface area contributed by atoms with Crippen LogP contribution in [0.2, 0.25) is 0 Å². The number of hydrogen-bond donors (Lipinski definition) is 1. The number of benzene rings is 1. The molecule has 41 heavy (non-hydrogen) atoms. The lowest BCUT2D eigenvalue weighted by molar-refractivity contribution is -0.670. The molecule has 0 unspecified atom stereocenters. The molecule has 1 N–H and O–H groups in total. The minimum Gasteiger partial charge on any atom is -0.493 e. The lowest BCUT2D eigenvalue weighted by atomic mass is 9.77. The molecule has 0 radical (unpaired) electrons. The predicted molar refractivity (Wildman–Crippen MR) is 154 cm³/mol. The third-order valence-corrected chi connectivity index (χ3v) is 8.78. The Kier molecular flexibility index (Phi) is 8.97. The minimum absolute atomic E-state index is 0.0204. The zero-order valence-electron chi connectivity index (χ0n) is 24.8. The van der Waals surface area contributed by atoms with E-state index >= 15 is 0 Å². The molecule has 4 heterocycles. The van der Waals surface area contributed by atoms with Crippen LogP contribution in [0.15, 0.2) is 42.7 Å². The van der Waals surface area contributed by atoms with Gasteiger partial charge in [0.25, 0.3) is 0 Å². The second-order valence-corrected chi connectivity index (χ2v) is 12.3. The van der Waals surface area contributed by atoms with Gasteiger partial charge in [0.1, 0.15) is 18.5 Å². The van der Waals surface area contributed by atoms with E-state index in [1.54, 1.807) is 0 Å². The van der Waals surface area contributed by atoms with Gasteiger partial charge in [-0.1, -0.05) is 39.3 Å². The first-order chi connectivity index (χ1) is 19.7. The summed E-state index contributed by atoms with van der Waals surface area (Å²) in [6.45, 7) is 9.21. The van der Waals surface area contributed by atoms with Crippen molar-refractivity contribution in [3.63, 3.8) is 0 Å². The predicted octanol–water partition coefficient (Wildman–Crippen LogP) is 3.54. The number of aryl methyl sites for hydroxylation is 1. The Morgan fingerprint density at radius 2 is 1.95 bits per heavy atom. The molecule has 9 nitrogen and oxygen atoms in total. The van der Waals surface area contributed by atoms with E-state index in [-0.39, 0.29) is 24.4 Å². The maximum atomic E-state index is 14.0. The largest absolute Gasteiger partial charge is 0.493 e. The van der Waals surface area contributed by atoms with Crippen molar-refractivity contribution in [2.45, 2.75) is 64.7 Å². The van der Waals surface area contributed by atoms with Crippen molar-refractivity contribution >= 4 is 17.6 Å². The summed E-state index contributed by atoms with van der Waals surface area (Å²) in [6.07, 6.45) is 6.70. The van der Waals surface area contributed by atoms with E-state index in [2.05, 4.69) is 31.7 Å². The fourth-order valence-electron chi connectivity index (χ4n) is 6.67. The average molecular weight is 567 g/mol. The van der Waals surface area contributed by atoms with Crippen LogP contribution in [0.5, 0.6) is 5.75 Å². The van der Waals surface area contributed by atoms with Gasteiger partial charge < -0.3 is 24.2 Å². The van der Waals surface area contributed by atoms with Crippen molar-refractivity contribution < 1.29 is 33.5 Å². The number of aliphatic carboxylic acids is 1. The molecule has 1 amide bonds. The molecule has 222 valence electrons. The van der Waals surface area contributed by atoms with Gasteiger partial charge in [0.05, 0.1) is 32.3 Å². The van der Waals surface area contributed by atoms with E-state index in [0.717, 1.165) is 41.8 Å². The second kappa shape index (κ2) is 12.5. The van der Waals surface area contributed by atoms with Gasteiger partial charge >= 0.3 is 5.97 Å². The summed E-state index contributed by atoms with van der Waals surface area (Å²) < 4.78 is 19.4. The average Bonchev–Trinajstić information content (AvgIpc) is 3.69. The lowest BCUT2D eigenvalue weighted by Crippen LogP contribution is -2.47. The Morgan fingerprint density at radius 3 is 2.66 bits per heavy atom. The van der Waals surface area contributed by atoms with E-state index < -0.39 is 23.6 Å². The number of fused-ring (bicyclic) bond motifs is 1. The molecule has 2 aromatic rings. The molecule has 1 aromatic carbocycles. The molecule has 2 saturated heterocycles. The fourth-order valence-corrected chi connectivity index (χ4v) is 6.67. The number of nitrogens with zero attached hydrogens (tertiary/aromatic N) is 3. The van der Waals surface area contributed by atoms with E-state index in [1.165, 1.54) is 0 Å². The van der Waals surface area contributed by atoms with Gasteiger partial charge in [-0.15, -0.1) is 0 Å². The van der Waals surface area contributed by atoms with E-state index in [9.17, 15) is 14.7 Å². The van der Waals surface area contributed by atoms with Crippen LogP contribution in [0.25, 0.3) is 0 Å². The van der Waals surface area contributed by atoms with Gasteiger partial charge in [0.15, 0.2) is 18.7 Å². The van der Waals surface area contributed by atoms with E-state index in [0.29, 0.717) is 39.3 Å². The highest BCUT2D eigenvalue weighted by molar-refractivity contribution is 5.94. The molecule has 0 aliphatic carbocycles. The van der Waals surface area contributed by atoms with Gasteiger partial charge in [-0.2, -0.15) is 0 Å². The zero-order chi connectivity index (χ0) is 29.1. The van der Waals surface area contributed by atoms with Gasteiger partial charge in [0.2, 0.25) is 5.91 Å². The third kappa shape index (κ3) is 6.42. The number of carboxylic acid groups (broad SMARTS) is 1. The number of aromatic nitrogens is 1. The molecule has 1 aromatic heterocycles. The van der Waals surface area contributed by atoms with Crippen molar-refractivity contribution in [1.29, 1.82) is 0 Å². The highest BCUT2D eigenvalue weighted by atomic mass is 16.7. The first-order valence-electron chi connectivity index (χ1n) is 14.9. The van der Waals surface area contributed by atoms with Crippen molar-refractivity contribution in [3.05, 3.63) is 53.9 Å². The van der Waals surface area contributed by atoms with Crippen molar-refractivity contribution in [2.75, 3.05) is 44.4 Å². The Morgan fingerprint density at radius 1 is 1.17 bits per heavy atom. The van der Waals surface area contributed by atoms with Crippen LogP contribution in [0, 0.1) is 11.3 Å². The number of carbonyl (C=O) groups is 2. The summed E-state index contributed by atoms with van der Waals surface area (Å²) in [7, 11) is 1.95. The Labute approximate surface area is 243 Å². The fraction of sp³-hybridized carbons (Fsp3) is 0.594. The normalized spacial score (nSPS) is 23.0. The SMILES string of the molecule is CCCCN(C(=O)CN1C[C@H](c2ccc3c(c2)CCO3)[C@@H](C(=O)O)[C@@H]1CC(C)(C)C1OCCO1)c1ccc[n+](C)c1. The maximum absolute atomic E-state index is 14.0. The summed E-state index contributed by atoms with van der Waals surface area (Å²) in [5, 5.41) is 10.6. The van der Waals surface area contributed by atoms with Crippen LogP contribution >= 0.6 is 0 Å². The maximum Gasteiger partial charge on any atom is 0.308 e. The van der Waals surface area contributed by atoms with Crippen molar-refractivity contribution in [3.8, 4) is 5.75 Å². The number of pyridine rings is 1. The van der Waals surface area contributed by atoms with Crippen molar-refractivity contribution in [1.82, 2.24) is 4.90 Å². The van der Waals surface area contributed by atoms with Crippen LogP contribution in [-0.4, -0.2) is 73.7 Å². The molecule has 3 aliphatic rings. The molecule has 9 heteroatoms. The Bertz CT molecular complexity index is 1240. The third-order valence-electron chi connectivity index (χ3n) is 8.78. The lowest BCUT2D eigenvalue weighted by Gasteiger charge is -2.37. The summed E-state index contributed by atoms with van der Waals surface area (Å²) >= 11 is 0. The zero-order valence-corrected chi connectivity index (χ0v) is 24.8. The first kappa shape index (κ1) is 29.5. The molecule has 0 saturated carbocycles. The number of hydrogen-bond acceptors (Lipinski definition) is 6. The van der Waals surface area contributed by atoms with Crippen LogP contribution in [0.3, 0.4) is 0 Å². The summed E-state index contributed by atoms with van der Waals surface area (Å²) in [6, 6.07) is 9.61.